The van der Waals surface area contributed by atoms with Crippen molar-refractivity contribution in [2.45, 2.75) is 38.3 Å². The standard InChI is InChI=1S/C23H26N2O6/c1-29-20-13-15(22(26)27)9-10-16(20)14-25-11-12-30-19-8-4-7-18(21(19)25)24-23(28)31-17-5-2-3-6-17/h4,7-10,13,17H,2-3,5-6,11-12,14H2,1H3,(H,24,28)(H,26,27). The Labute approximate surface area is 180 Å². The van der Waals surface area contributed by atoms with Crippen LogP contribution in [0.1, 0.15) is 41.6 Å². The number of para-hydroxylation sites is 1. The fraction of sp³-hybridized carbons (Fsp3) is 0.391. The maximum absolute atomic E-state index is 12.5. The fourth-order valence-electron chi connectivity index (χ4n) is 4.11. The lowest BCUT2D eigenvalue weighted by Crippen LogP contribution is -2.33. The first-order chi connectivity index (χ1) is 15.0. The van der Waals surface area contributed by atoms with E-state index in [-0.39, 0.29) is 11.7 Å². The third-order valence-corrected chi connectivity index (χ3v) is 5.64. The molecule has 1 heterocycles. The number of anilines is 2. The van der Waals surface area contributed by atoms with Gasteiger partial charge in [-0.3, -0.25) is 5.32 Å². The third-order valence-electron chi connectivity index (χ3n) is 5.64. The zero-order valence-corrected chi connectivity index (χ0v) is 17.4. The average molecular weight is 426 g/mol. The number of benzene rings is 2. The van der Waals surface area contributed by atoms with E-state index in [9.17, 15) is 14.7 Å². The first-order valence-electron chi connectivity index (χ1n) is 10.4. The molecule has 0 atom stereocenters. The lowest BCUT2D eigenvalue weighted by atomic mass is 10.1. The number of fused-ring (bicyclic) bond motifs is 1. The van der Waals surface area contributed by atoms with E-state index in [4.69, 9.17) is 14.2 Å². The summed E-state index contributed by atoms with van der Waals surface area (Å²) in [7, 11) is 1.52. The molecule has 8 nitrogen and oxygen atoms in total. The Bertz CT molecular complexity index is 971. The molecule has 1 aliphatic heterocycles. The molecule has 1 fully saturated rings. The second-order valence-electron chi connectivity index (χ2n) is 7.69. The van der Waals surface area contributed by atoms with Crippen LogP contribution in [0.5, 0.6) is 11.5 Å². The van der Waals surface area contributed by atoms with Crippen molar-refractivity contribution in [3.8, 4) is 11.5 Å². The zero-order chi connectivity index (χ0) is 21.8. The van der Waals surface area contributed by atoms with Crippen molar-refractivity contribution in [1.29, 1.82) is 0 Å². The first kappa shape index (κ1) is 20.8. The molecule has 2 aromatic rings. The van der Waals surface area contributed by atoms with Crippen molar-refractivity contribution < 1.29 is 28.9 Å². The Balaban J connectivity index is 1.57. The van der Waals surface area contributed by atoms with Crippen LogP contribution in [0.25, 0.3) is 0 Å². The van der Waals surface area contributed by atoms with Crippen LogP contribution in [0.4, 0.5) is 16.2 Å². The number of carbonyl (C=O) groups excluding carboxylic acids is 1. The van der Waals surface area contributed by atoms with Gasteiger partial charge in [0.2, 0.25) is 0 Å². The summed E-state index contributed by atoms with van der Waals surface area (Å²) in [5.41, 5.74) is 2.38. The summed E-state index contributed by atoms with van der Waals surface area (Å²) in [5, 5.41) is 12.1. The van der Waals surface area contributed by atoms with Crippen LogP contribution in [0.2, 0.25) is 0 Å². The van der Waals surface area contributed by atoms with Crippen LogP contribution >= 0.6 is 0 Å². The van der Waals surface area contributed by atoms with Crippen molar-refractivity contribution >= 4 is 23.4 Å². The highest BCUT2D eigenvalue weighted by molar-refractivity contribution is 5.92. The van der Waals surface area contributed by atoms with Gasteiger partial charge in [0.05, 0.1) is 24.9 Å². The van der Waals surface area contributed by atoms with Gasteiger partial charge in [0.15, 0.2) is 0 Å². The number of nitrogens with zero attached hydrogens (tertiary/aromatic N) is 1. The molecule has 164 valence electrons. The summed E-state index contributed by atoms with van der Waals surface area (Å²) in [6.07, 6.45) is 3.49. The van der Waals surface area contributed by atoms with Gasteiger partial charge in [-0.25, -0.2) is 9.59 Å². The molecule has 2 aromatic carbocycles. The van der Waals surface area contributed by atoms with E-state index in [1.54, 1.807) is 12.1 Å². The molecule has 2 aliphatic rings. The third kappa shape index (κ3) is 4.68. The average Bonchev–Trinajstić information content (AvgIpc) is 3.27. The van der Waals surface area contributed by atoms with Crippen molar-refractivity contribution in [3.63, 3.8) is 0 Å². The second-order valence-corrected chi connectivity index (χ2v) is 7.69. The number of rotatable bonds is 6. The van der Waals surface area contributed by atoms with Crippen molar-refractivity contribution in [3.05, 3.63) is 47.5 Å². The molecule has 0 bridgehead atoms. The first-order valence-corrected chi connectivity index (χ1v) is 10.4. The molecule has 0 spiro atoms. The Morgan fingerprint density at radius 3 is 2.77 bits per heavy atom. The van der Waals surface area contributed by atoms with E-state index in [1.165, 1.54) is 13.2 Å². The molecule has 31 heavy (non-hydrogen) atoms. The van der Waals surface area contributed by atoms with Gasteiger partial charge in [0.1, 0.15) is 29.9 Å². The van der Waals surface area contributed by atoms with Gasteiger partial charge in [-0.2, -0.15) is 0 Å². The lowest BCUT2D eigenvalue weighted by molar-refractivity contribution is 0.0696. The largest absolute Gasteiger partial charge is 0.496 e. The van der Waals surface area contributed by atoms with Gasteiger partial charge in [-0.05, 0) is 49.9 Å². The maximum atomic E-state index is 12.5. The molecule has 0 radical (unpaired) electrons. The second kappa shape index (κ2) is 9.16. The molecule has 0 saturated heterocycles. The normalized spacial score (nSPS) is 15.7. The predicted molar refractivity (Wildman–Crippen MR) is 115 cm³/mol. The van der Waals surface area contributed by atoms with E-state index in [2.05, 4.69) is 10.2 Å². The minimum Gasteiger partial charge on any atom is -0.496 e. The number of ether oxygens (including phenoxy) is 3. The quantitative estimate of drug-likeness (QED) is 0.711. The topological polar surface area (TPSA) is 97.3 Å². The van der Waals surface area contributed by atoms with E-state index < -0.39 is 12.1 Å². The number of carboxylic acid groups (broad SMARTS) is 1. The Kier molecular flexibility index (Phi) is 6.16. The van der Waals surface area contributed by atoms with E-state index in [0.717, 1.165) is 36.9 Å². The Hall–Kier alpha value is -3.42. The number of hydrogen-bond acceptors (Lipinski definition) is 6. The highest BCUT2D eigenvalue weighted by Gasteiger charge is 2.25. The van der Waals surface area contributed by atoms with Crippen molar-refractivity contribution in [1.82, 2.24) is 0 Å². The van der Waals surface area contributed by atoms with Crippen LogP contribution in [-0.4, -0.2) is 43.5 Å². The number of carbonyl (C=O) groups is 2. The number of nitrogens with one attached hydrogen (secondary N) is 1. The number of carboxylic acids is 1. The summed E-state index contributed by atoms with van der Waals surface area (Å²) in [5.74, 6) is 0.166. The molecule has 1 aliphatic carbocycles. The number of methoxy groups -OCH3 is 1. The van der Waals surface area contributed by atoms with E-state index in [1.807, 2.05) is 18.2 Å². The maximum Gasteiger partial charge on any atom is 0.411 e. The highest BCUT2D eigenvalue weighted by atomic mass is 16.6. The van der Waals surface area contributed by atoms with Gasteiger partial charge in [-0.15, -0.1) is 0 Å². The lowest BCUT2D eigenvalue weighted by Gasteiger charge is -2.33. The zero-order valence-electron chi connectivity index (χ0n) is 17.4. The van der Waals surface area contributed by atoms with E-state index in [0.29, 0.717) is 36.9 Å². The predicted octanol–water partition coefficient (Wildman–Crippen LogP) is 4.28. The van der Waals surface area contributed by atoms with Gasteiger partial charge in [0.25, 0.3) is 0 Å². The van der Waals surface area contributed by atoms with Crippen molar-refractivity contribution in [2.75, 3.05) is 30.5 Å². The number of hydrogen-bond donors (Lipinski definition) is 2. The van der Waals surface area contributed by atoms with Crippen LogP contribution in [0.3, 0.4) is 0 Å². The molecular weight excluding hydrogens is 400 g/mol. The SMILES string of the molecule is COc1cc(C(=O)O)ccc1CN1CCOc2cccc(NC(=O)OC3CCCC3)c21. The molecule has 0 unspecified atom stereocenters. The summed E-state index contributed by atoms with van der Waals surface area (Å²) < 4.78 is 16.8. The molecule has 0 aromatic heterocycles. The number of aromatic carboxylic acids is 1. The molecular formula is C23H26N2O6. The summed E-state index contributed by atoms with van der Waals surface area (Å²) in [4.78, 5) is 25.8. The Morgan fingerprint density at radius 2 is 2.03 bits per heavy atom. The van der Waals surface area contributed by atoms with Gasteiger partial charge in [-0.1, -0.05) is 12.1 Å². The highest BCUT2D eigenvalue weighted by Crippen LogP contribution is 2.40. The van der Waals surface area contributed by atoms with Crippen LogP contribution in [0, 0.1) is 0 Å². The number of amides is 1. The van der Waals surface area contributed by atoms with Gasteiger partial charge < -0.3 is 24.2 Å². The molecule has 1 amide bonds. The molecule has 1 saturated carbocycles. The van der Waals surface area contributed by atoms with Crippen LogP contribution < -0.4 is 19.7 Å². The van der Waals surface area contributed by atoms with Crippen LogP contribution in [-0.2, 0) is 11.3 Å². The monoisotopic (exact) mass is 426 g/mol. The summed E-state index contributed by atoms with van der Waals surface area (Å²) in [6, 6.07) is 10.3. The summed E-state index contributed by atoms with van der Waals surface area (Å²) in [6.45, 7) is 1.57. The minimum absolute atomic E-state index is 0.0242. The Morgan fingerprint density at radius 1 is 1.23 bits per heavy atom. The molecule has 4 rings (SSSR count). The molecule has 8 heteroatoms. The summed E-state index contributed by atoms with van der Waals surface area (Å²) >= 11 is 0. The smallest absolute Gasteiger partial charge is 0.411 e. The van der Waals surface area contributed by atoms with Gasteiger partial charge >= 0.3 is 12.1 Å². The van der Waals surface area contributed by atoms with E-state index >= 15 is 0 Å². The minimum atomic E-state index is -1.01. The molecule has 2 N–H and O–H groups in total. The van der Waals surface area contributed by atoms with Crippen LogP contribution in [0.15, 0.2) is 36.4 Å². The van der Waals surface area contributed by atoms with Crippen molar-refractivity contribution in [2.24, 2.45) is 0 Å². The van der Waals surface area contributed by atoms with Gasteiger partial charge in [0, 0.05) is 12.1 Å². The fourth-order valence-corrected chi connectivity index (χ4v) is 4.11.